The van der Waals surface area contributed by atoms with Crippen molar-refractivity contribution in [3.05, 3.63) is 95.9 Å². The lowest BCUT2D eigenvalue weighted by Gasteiger charge is -2.33. The summed E-state index contributed by atoms with van der Waals surface area (Å²) in [6.07, 6.45) is 5.28. The number of piperidine rings is 1. The molecule has 2 heterocycles. The molecular weight excluding hydrogens is 376 g/mol. The Bertz CT molecular complexity index is 955. The summed E-state index contributed by atoms with van der Waals surface area (Å²) in [5.74, 6) is -0.286. The summed E-state index contributed by atoms with van der Waals surface area (Å²) in [6, 6.07) is 21.8. The van der Waals surface area contributed by atoms with E-state index in [1.807, 2.05) is 48.5 Å². The van der Waals surface area contributed by atoms with Gasteiger partial charge in [-0.25, -0.2) is 0 Å². The van der Waals surface area contributed by atoms with Crippen LogP contribution in [0.25, 0.3) is 0 Å². The highest BCUT2D eigenvalue weighted by Gasteiger charge is 2.30. The molecule has 5 heteroatoms. The van der Waals surface area contributed by atoms with E-state index < -0.39 is 0 Å². The number of benzene rings is 2. The summed E-state index contributed by atoms with van der Waals surface area (Å²) in [6.45, 7) is 1.10. The molecule has 1 N–H and O–H groups in total. The number of likely N-dealkylation sites (tertiary alicyclic amines) is 1. The maximum absolute atomic E-state index is 13.2. The Morgan fingerprint density at radius 1 is 1.03 bits per heavy atom. The third kappa shape index (κ3) is 4.79. The van der Waals surface area contributed by atoms with E-state index in [1.165, 1.54) is 18.1 Å². The van der Waals surface area contributed by atoms with Crippen LogP contribution >= 0.6 is 0 Å². The average Bonchev–Trinajstić information content (AvgIpc) is 3.34. The van der Waals surface area contributed by atoms with Gasteiger partial charge in [-0.1, -0.05) is 60.7 Å². The molecule has 1 aliphatic heterocycles. The van der Waals surface area contributed by atoms with Crippen molar-refractivity contribution in [2.45, 2.75) is 25.3 Å². The molecule has 5 nitrogen and oxygen atoms in total. The lowest BCUT2D eigenvalue weighted by molar-refractivity contribution is -0.127. The summed E-state index contributed by atoms with van der Waals surface area (Å²) in [5, 5.41) is 3.25. The summed E-state index contributed by atoms with van der Waals surface area (Å²) in [4.78, 5) is 27.6. The fourth-order valence-electron chi connectivity index (χ4n) is 4.02. The highest BCUT2D eigenvalue weighted by molar-refractivity contribution is 5.94. The van der Waals surface area contributed by atoms with Crippen LogP contribution in [0.1, 0.15) is 40.4 Å². The van der Waals surface area contributed by atoms with Gasteiger partial charge in [-0.05, 0) is 36.5 Å². The molecule has 0 aliphatic carbocycles. The van der Waals surface area contributed by atoms with Gasteiger partial charge in [0.25, 0.3) is 5.91 Å². The molecule has 1 saturated heterocycles. The SMILES string of the molecule is O=C(NC(Cc1ccccc1)c1ccccc1)C1CCCN(C(=O)c2ccoc2)C1. The summed E-state index contributed by atoms with van der Waals surface area (Å²) in [7, 11) is 0. The van der Waals surface area contributed by atoms with Crippen LogP contribution in [0.4, 0.5) is 0 Å². The van der Waals surface area contributed by atoms with E-state index in [9.17, 15) is 9.59 Å². The Hall–Kier alpha value is -3.34. The normalized spacial score (nSPS) is 17.3. The van der Waals surface area contributed by atoms with Gasteiger partial charge in [0.1, 0.15) is 6.26 Å². The zero-order valence-corrected chi connectivity index (χ0v) is 16.9. The molecule has 0 radical (unpaired) electrons. The van der Waals surface area contributed by atoms with Crippen LogP contribution in [-0.2, 0) is 11.2 Å². The molecule has 2 amide bonds. The molecule has 2 aromatic carbocycles. The van der Waals surface area contributed by atoms with Gasteiger partial charge in [-0.15, -0.1) is 0 Å². The number of carbonyl (C=O) groups excluding carboxylic acids is 2. The standard InChI is InChI=1S/C25H26N2O3/c28-24(21-12-7-14-27(17-21)25(29)22-13-15-30-18-22)26-23(20-10-5-2-6-11-20)16-19-8-3-1-4-9-19/h1-6,8-11,13,15,18,21,23H,7,12,14,16-17H2,(H,26,28). The summed E-state index contributed by atoms with van der Waals surface area (Å²) < 4.78 is 5.03. The highest BCUT2D eigenvalue weighted by atomic mass is 16.3. The van der Waals surface area contributed by atoms with E-state index in [1.54, 1.807) is 11.0 Å². The van der Waals surface area contributed by atoms with Crippen LogP contribution < -0.4 is 5.32 Å². The van der Waals surface area contributed by atoms with Crippen molar-refractivity contribution in [3.8, 4) is 0 Å². The number of nitrogens with one attached hydrogen (secondary N) is 1. The highest BCUT2D eigenvalue weighted by Crippen LogP contribution is 2.23. The van der Waals surface area contributed by atoms with Gasteiger partial charge in [0, 0.05) is 13.1 Å². The van der Waals surface area contributed by atoms with E-state index in [0.717, 1.165) is 24.8 Å². The number of nitrogens with zero attached hydrogens (tertiary/aromatic N) is 1. The van der Waals surface area contributed by atoms with Gasteiger partial charge < -0.3 is 14.6 Å². The minimum absolute atomic E-state index is 0.00415. The number of hydrogen-bond acceptors (Lipinski definition) is 3. The van der Waals surface area contributed by atoms with Crippen LogP contribution in [0.5, 0.6) is 0 Å². The van der Waals surface area contributed by atoms with Crippen LogP contribution in [-0.4, -0.2) is 29.8 Å². The fourth-order valence-corrected chi connectivity index (χ4v) is 4.02. The van der Waals surface area contributed by atoms with Gasteiger partial charge >= 0.3 is 0 Å². The van der Waals surface area contributed by atoms with Gasteiger partial charge in [0.2, 0.25) is 5.91 Å². The maximum atomic E-state index is 13.2. The third-order valence-electron chi connectivity index (χ3n) is 5.65. The molecule has 0 spiro atoms. The first-order valence-corrected chi connectivity index (χ1v) is 10.4. The number of hydrogen-bond donors (Lipinski definition) is 1. The van der Waals surface area contributed by atoms with Crippen LogP contribution in [0.2, 0.25) is 0 Å². The van der Waals surface area contributed by atoms with E-state index in [2.05, 4.69) is 17.4 Å². The second kappa shape index (κ2) is 9.44. The fraction of sp³-hybridized carbons (Fsp3) is 0.280. The van der Waals surface area contributed by atoms with Crippen molar-refractivity contribution >= 4 is 11.8 Å². The van der Waals surface area contributed by atoms with Crippen molar-refractivity contribution in [2.75, 3.05) is 13.1 Å². The third-order valence-corrected chi connectivity index (χ3v) is 5.65. The first-order chi connectivity index (χ1) is 14.7. The number of carbonyl (C=O) groups is 2. The maximum Gasteiger partial charge on any atom is 0.257 e. The molecule has 4 rings (SSSR count). The predicted molar refractivity (Wildman–Crippen MR) is 115 cm³/mol. The number of rotatable bonds is 6. The largest absolute Gasteiger partial charge is 0.472 e. The lowest BCUT2D eigenvalue weighted by Crippen LogP contribution is -2.46. The van der Waals surface area contributed by atoms with Gasteiger partial charge in [-0.2, -0.15) is 0 Å². The van der Waals surface area contributed by atoms with Crippen LogP contribution in [0.15, 0.2) is 83.7 Å². The van der Waals surface area contributed by atoms with Gasteiger partial charge in [0.15, 0.2) is 0 Å². The molecule has 2 unspecified atom stereocenters. The Morgan fingerprint density at radius 2 is 1.77 bits per heavy atom. The molecule has 3 aromatic rings. The quantitative estimate of drug-likeness (QED) is 0.671. The molecule has 154 valence electrons. The first-order valence-electron chi connectivity index (χ1n) is 10.4. The van der Waals surface area contributed by atoms with Gasteiger partial charge in [0.05, 0.1) is 23.8 Å². The minimum Gasteiger partial charge on any atom is -0.472 e. The predicted octanol–water partition coefficient (Wildman–Crippen LogP) is 4.23. The smallest absolute Gasteiger partial charge is 0.257 e. The second-order valence-corrected chi connectivity index (χ2v) is 7.76. The molecular formula is C25H26N2O3. The summed E-state index contributed by atoms with van der Waals surface area (Å²) >= 11 is 0. The van der Waals surface area contributed by atoms with Crippen molar-refractivity contribution < 1.29 is 14.0 Å². The van der Waals surface area contributed by atoms with Crippen molar-refractivity contribution in [2.24, 2.45) is 5.92 Å². The summed E-state index contributed by atoms with van der Waals surface area (Å²) in [5.41, 5.74) is 2.78. The van der Waals surface area contributed by atoms with Crippen LogP contribution in [0, 0.1) is 5.92 Å². The monoisotopic (exact) mass is 402 g/mol. The molecule has 1 fully saturated rings. The van der Waals surface area contributed by atoms with Gasteiger partial charge in [-0.3, -0.25) is 9.59 Å². The molecule has 0 bridgehead atoms. The molecule has 2 atom stereocenters. The Balaban J connectivity index is 1.45. The lowest BCUT2D eigenvalue weighted by atomic mass is 9.94. The number of furan rings is 1. The molecule has 1 aromatic heterocycles. The molecule has 0 saturated carbocycles. The van der Waals surface area contributed by atoms with Crippen LogP contribution in [0.3, 0.4) is 0 Å². The van der Waals surface area contributed by atoms with E-state index in [-0.39, 0.29) is 23.8 Å². The molecule has 30 heavy (non-hydrogen) atoms. The first kappa shape index (κ1) is 20.0. The minimum atomic E-state index is -0.211. The Morgan fingerprint density at radius 3 is 2.47 bits per heavy atom. The Labute approximate surface area is 176 Å². The van der Waals surface area contributed by atoms with Crippen molar-refractivity contribution in [1.82, 2.24) is 10.2 Å². The second-order valence-electron chi connectivity index (χ2n) is 7.76. The van der Waals surface area contributed by atoms with Crippen molar-refractivity contribution in [3.63, 3.8) is 0 Å². The van der Waals surface area contributed by atoms with E-state index in [0.29, 0.717) is 18.7 Å². The zero-order chi connectivity index (χ0) is 20.8. The number of amides is 2. The van der Waals surface area contributed by atoms with E-state index in [4.69, 9.17) is 4.42 Å². The average molecular weight is 402 g/mol. The Kier molecular flexibility index (Phi) is 6.28. The zero-order valence-electron chi connectivity index (χ0n) is 16.9. The van der Waals surface area contributed by atoms with Crippen molar-refractivity contribution in [1.29, 1.82) is 0 Å². The van der Waals surface area contributed by atoms with E-state index >= 15 is 0 Å². The topological polar surface area (TPSA) is 62.6 Å². The molecule has 1 aliphatic rings.